The Morgan fingerprint density at radius 2 is 1.76 bits per heavy atom. The monoisotopic (exact) mass is 548 g/mol. The molecule has 7 nitrogen and oxygen atoms in total. The third kappa shape index (κ3) is 4.24. The number of anilines is 1. The molecule has 0 radical (unpaired) electrons. The number of nitrogens with zero attached hydrogens (tertiary/aromatic N) is 4. The number of aromatic nitrogens is 3. The van der Waals surface area contributed by atoms with Gasteiger partial charge in [0.1, 0.15) is 11.5 Å². The maximum atomic E-state index is 11.2. The summed E-state index contributed by atoms with van der Waals surface area (Å²) in [7, 11) is 0. The molecule has 4 aromatic rings. The normalized spacial score (nSPS) is 16.7. The lowest BCUT2D eigenvalue weighted by atomic mass is 9.63. The lowest BCUT2D eigenvalue weighted by Crippen LogP contribution is -2.42. The van der Waals surface area contributed by atoms with Gasteiger partial charge in [0.15, 0.2) is 5.69 Å². The van der Waals surface area contributed by atoms with Gasteiger partial charge in [-0.15, -0.1) is 10.2 Å². The summed E-state index contributed by atoms with van der Waals surface area (Å²) < 4.78 is 5.82. The molecule has 0 saturated carbocycles. The van der Waals surface area contributed by atoms with Crippen LogP contribution in [-0.4, -0.2) is 39.5 Å². The van der Waals surface area contributed by atoms with Crippen LogP contribution < -0.4 is 4.90 Å². The standard InChI is InChI=1S/C29H26Cl2N4O3/c1-16(2)27-24(26(34-38-27)25-20(30)4-3-5-21(25)31)18-14-29(15-18)8-10-35(11-9-29)19-7-6-17-12-23(28(36)37)33-32-22(17)13-19/h3-7,12-14,16H,8-11,15H2,1-2H3,(H,36,37). The highest BCUT2D eigenvalue weighted by atomic mass is 35.5. The zero-order chi connectivity index (χ0) is 26.6. The number of carboxylic acid groups (broad SMARTS) is 1. The molecular weight excluding hydrogens is 523 g/mol. The maximum absolute atomic E-state index is 11.2. The van der Waals surface area contributed by atoms with E-state index in [1.54, 1.807) is 6.07 Å². The summed E-state index contributed by atoms with van der Waals surface area (Å²) >= 11 is 13.1. The first-order chi connectivity index (χ1) is 18.2. The van der Waals surface area contributed by atoms with Crippen LogP contribution >= 0.6 is 23.2 Å². The minimum atomic E-state index is -1.08. The van der Waals surface area contributed by atoms with Crippen molar-refractivity contribution in [2.45, 2.75) is 39.0 Å². The van der Waals surface area contributed by atoms with Crippen LogP contribution in [0, 0.1) is 5.41 Å². The molecule has 2 aromatic heterocycles. The maximum Gasteiger partial charge on any atom is 0.356 e. The van der Waals surface area contributed by atoms with Gasteiger partial charge < -0.3 is 14.5 Å². The second-order valence-corrected chi connectivity index (χ2v) is 11.3. The molecule has 1 N–H and O–H groups in total. The third-order valence-corrected chi connectivity index (χ3v) is 8.33. The van der Waals surface area contributed by atoms with Crippen LogP contribution in [0.2, 0.25) is 10.0 Å². The van der Waals surface area contributed by atoms with Crippen molar-refractivity contribution in [3.8, 4) is 11.3 Å². The molecule has 1 aliphatic heterocycles. The zero-order valence-electron chi connectivity index (χ0n) is 21.0. The number of hydrogen-bond acceptors (Lipinski definition) is 6. The van der Waals surface area contributed by atoms with Gasteiger partial charge in [0.2, 0.25) is 0 Å². The first-order valence-corrected chi connectivity index (χ1v) is 13.4. The Labute approximate surface area is 230 Å². The first-order valence-electron chi connectivity index (χ1n) is 12.7. The number of rotatable bonds is 5. The molecule has 0 atom stereocenters. The molecule has 194 valence electrons. The fourth-order valence-electron chi connectivity index (χ4n) is 5.64. The number of carbonyl (C=O) groups is 1. The number of allylic oxidation sites excluding steroid dienone is 2. The molecule has 0 unspecified atom stereocenters. The Morgan fingerprint density at radius 3 is 2.42 bits per heavy atom. The van der Waals surface area contributed by atoms with Gasteiger partial charge in [-0.25, -0.2) is 4.79 Å². The van der Waals surface area contributed by atoms with Crippen molar-refractivity contribution in [3.05, 3.63) is 75.6 Å². The fraction of sp³-hybridized carbons (Fsp3) is 0.310. The quantitative estimate of drug-likeness (QED) is 0.276. The molecule has 2 aromatic carbocycles. The van der Waals surface area contributed by atoms with Gasteiger partial charge in [0, 0.05) is 41.2 Å². The van der Waals surface area contributed by atoms with Crippen LogP contribution in [0.25, 0.3) is 27.7 Å². The summed E-state index contributed by atoms with van der Waals surface area (Å²) in [4.78, 5) is 13.5. The molecule has 3 heterocycles. The predicted molar refractivity (Wildman–Crippen MR) is 149 cm³/mol. The van der Waals surface area contributed by atoms with E-state index < -0.39 is 5.97 Å². The van der Waals surface area contributed by atoms with E-state index in [1.807, 2.05) is 36.4 Å². The van der Waals surface area contributed by atoms with Crippen LogP contribution in [-0.2, 0) is 0 Å². The Hall–Kier alpha value is -3.42. The summed E-state index contributed by atoms with van der Waals surface area (Å²) in [6, 6.07) is 13.0. The topological polar surface area (TPSA) is 92.4 Å². The molecule has 9 heteroatoms. The van der Waals surface area contributed by atoms with Crippen LogP contribution in [0.5, 0.6) is 0 Å². The molecule has 1 saturated heterocycles. The molecule has 1 fully saturated rings. The SMILES string of the molecule is CC(C)c1onc(-c2c(Cl)cccc2Cl)c1C1=CC2(CCN(c3ccc4cc(C(=O)O)nnc4c3)CC2)C1. The average molecular weight is 549 g/mol. The Kier molecular flexibility index (Phi) is 6.16. The van der Waals surface area contributed by atoms with Crippen molar-refractivity contribution in [2.24, 2.45) is 5.41 Å². The third-order valence-electron chi connectivity index (χ3n) is 7.70. The molecule has 2 aliphatic rings. The van der Waals surface area contributed by atoms with Gasteiger partial charge in [-0.05, 0) is 60.6 Å². The first kappa shape index (κ1) is 24.9. The molecule has 0 amide bonds. The number of piperidine rings is 1. The molecule has 38 heavy (non-hydrogen) atoms. The van der Waals surface area contributed by atoms with E-state index >= 15 is 0 Å². The van der Waals surface area contributed by atoms with Crippen molar-refractivity contribution >= 4 is 51.3 Å². The Bertz CT molecular complexity index is 1580. The second-order valence-electron chi connectivity index (χ2n) is 10.5. The van der Waals surface area contributed by atoms with Crippen molar-refractivity contribution in [1.82, 2.24) is 15.4 Å². The highest BCUT2D eigenvalue weighted by molar-refractivity contribution is 6.39. The lowest BCUT2D eigenvalue weighted by molar-refractivity contribution is 0.0689. The van der Waals surface area contributed by atoms with Gasteiger partial charge >= 0.3 is 5.97 Å². The summed E-state index contributed by atoms with van der Waals surface area (Å²) in [5.74, 6) is -0.0428. The van der Waals surface area contributed by atoms with Crippen LogP contribution in [0.1, 0.15) is 60.8 Å². The lowest BCUT2D eigenvalue weighted by Gasteiger charge is -2.47. The molecule has 6 rings (SSSR count). The number of carboxylic acids is 1. The van der Waals surface area contributed by atoms with Crippen LogP contribution in [0.15, 0.2) is 53.1 Å². The fourth-order valence-corrected chi connectivity index (χ4v) is 6.22. The van der Waals surface area contributed by atoms with Crippen molar-refractivity contribution in [3.63, 3.8) is 0 Å². The van der Waals surface area contributed by atoms with E-state index in [2.05, 4.69) is 40.2 Å². The largest absolute Gasteiger partial charge is 0.476 e. The molecule has 0 bridgehead atoms. The van der Waals surface area contributed by atoms with Gasteiger partial charge in [-0.1, -0.05) is 60.4 Å². The second kappa shape index (κ2) is 9.40. The van der Waals surface area contributed by atoms with Gasteiger partial charge in [-0.2, -0.15) is 0 Å². The molecule has 1 spiro atoms. The van der Waals surface area contributed by atoms with Crippen molar-refractivity contribution in [2.75, 3.05) is 18.0 Å². The highest BCUT2D eigenvalue weighted by Crippen LogP contribution is 2.54. The minimum Gasteiger partial charge on any atom is -0.476 e. The number of aromatic carboxylic acids is 1. The summed E-state index contributed by atoms with van der Waals surface area (Å²) in [6.45, 7) is 6.04. The summed E-state index contributed by atoms with van der Waals surface area (Å²) in [5.41, 5.74) is 5.56. The average Bonchev–Trinajstić information content (AvgIpc) is 3.31. The van der Waals surface area contributed by atoms with E-state index in [-0.39, 0.29) is 17.0 Å². The number of hydrogen-bond donors (Lipinski definition) is 1. The Morgan fingerprint density at radius 1 is 1.05 bits per heavy atom. The van der Waals surface area contributed by atoms with E-state index in [0.717, 1.165) is 54.7 Å². The zero-order valence-corrected chi connectivity index (χ0v) is 22.6. The summed E-state index contributed by atoms with van der Waals surface area (Å²) in [5, 5.41) is 23.4. The number of benzene rings is 2. The minimum absolute atomic E-state index is 0.0499. The summed E-state index contributed by atoms with van der Waals surface area (Å²) in [6.07, 6.45) is 5.42. The van der Waals surface area contributed by atoms with Gasteiger partial charge in [0.25, 0.3) is 0 Å². The van der Waals surface area contributed by atoms with Gasteiger partial charge in [0.05, 0.1) is 15.6 Å². The van der Waals surface area contributed by atoms with Crippen LogP contribution in [0.3, 0.4) is 0 Å². The van der Waals surface area contributed by atoms with Crippen LogP contribution in [0.4, 0.5) is 5.69 Å². The van der Waals surface area contributed by atoms with Crippen molar-refractivity contribution in [1.29, 1.82) is 0 Å². The molecular formula is C29H26Cl2N4O3. The van der Waals surface area contributed by atoms with Crippen molar-refractivity contribution < 1.29 is 14.4 Å². The smallest absolute Gasteiger partial charge is 0.356 e. The number of halogens is 2. The number of fused-ring (bicyclic) bond motifs is 1. The van der Waals surface area contributed by atoms with E-state index in [9.17, 15) is 4.79 Å². The van der Waals surface area contributed by atoms with Gasteiger partial charge in [-0.3, -0.25) is 0 Å². The highest BCUT2D eigenvalue weighted by Gasteiger charge is 2.42. The Balaban J connectivity index is 1.24. The van der Waals surface area contributed by atoms with E-state index in [4.69, 9.17) is 32.8 Å². The predicted octanol–water partition coefficient (Wildman–Crippen LogP) is 7.49. The molecule has 1 aliphatic carbocycles. The van der Waals surface area contributed by atoms with E-state index in [1.165, 1.54) is 5.57 Å². The van der Waals surface area contributed by atoms with E-state index in [0.29, 0.717) is 26.8 Å².